The maximum atomic E-state index is 11.0. The first kappa shape index (κ1) is 17.4. The van der Waals surface area contributed by atoms with Crippen LogP contribution in [-0.2, 0) is 4.79 Å². The van der Waals surface area contributed by atoms with Crippen LogP contribution in [0.1, 0.15) is 53.4 Å². The Morgan fingerprint density at radius 3 is 2.17 bits per heavy atom. The van der Waals surface area contributed by atoms with Crippen molar-refractivity contribution in [2.75, 3.05) is 26.2 Å². The Kier molecular flexibility index (Phi) is 9.98. The molecular weight excluding hydrogens is 226 g/mol. The molecule has 0 aromatic carbocycles. The molecule has 0 unspecified atom stereocenters. The topological polar surface area (TPSA) is 53.2 Å². The van der Waals surface area contributed by atoms with E-state index in [-0.39, 0.29) is 11.4 Å². The van der Waals surface area contributed by atoms with Gasteiger partial charge in [-0.15, -0.1) is 0 Å². The van der Waals surface area contributed by atoms with E-state index in [0.717, 1.165) is 32.6 Å². The van der Waals surface area contributed by atoms with Crippen LogP contribution in [0.5, 0.6) is 0 Å². The highest BCUT2D eigenvalue weighted by Gasteiger charge is 2.06. The molecule has 0 heterocycles. The van der Waals surface area contributed by atoms with Crippen molar-refractivity contribution in [3.05, 3.63) is 0 Å². The average molecular weight is 257 g/mol. The van der Waals surface area contributed by atoms with E-state index in [4.69, 9.17) is 0 Å². The molecule has 108 valence electrons. The summed E-state index contributed by atoms with van der Waals surface area (Å²) in [4.78, 5) is 11.0. The van der Waals surface area contributed by atoms with Crippen LogP contribution in [0.15, 0.2) is 0 Å². The highest BCUT2D eigenvalue weighted by molar-refractivity contribution is 5.75. The molecule has 0 saturated carbocycles. The highest BCUT2D eigenvalue weighted by atomic mass is 16.1. The van der Waals surface area contributed by atoms with Crippen molar-refractivity contribution in [3.8, 4) is 0 Å². The van der Waals surface area contributed by atoms with Crippen molar-refractivity contribution in [3.63, 3.8) is 0 Å². The molecule has 3 N–H and O–H groups in total. The fourth-order valence-corrected chi connectivity index (χ4v) is 1.53. The minimum absolute atomic E-state index is 0.142. The lowest BCUT2D eigenvalue weighted by Crippen LogP contribution is -2.36. The number of amides is 1. The number of nitrogens with one attached hydrogen (secondary N) is 3. The molecule has 18 heavy (non-hydrogen) atoms. The van der Waals surface area contributed by atoms with Crippen molar-refractivity contribution in [2.45, 2.75) is 58.9 Å². The SMILES string of the molecule is CCC(=O)NCCCNCCCCNC(C)(C)C. The summed E-state index contributed by atoms with van der Waals surface area (Å²) in [7, 11) is 0. The van der Waals surface area contributed by atoms with Crippen molar-refractivity contribution in [2.24, 2.45) is 0 Å². The molecule has 1 amide bonds. The van der Waals surface area contributed by atoms with Gasteiger partial charge < -0.3 is 16.0 Å². The van der Waals surface area contributed by atoms with Crippen molar-refractivity contribution in [1.82, 2.24) is 16.0 Å². The summed E-state index contributed by atoms with van der Waals surface area (Å²) in [6, 6.07) is 0. The number of unbranched alkanes of at least 4 members (excludes halogenated alkanes) is 1. The normalized spacial score (nSPS) is 11.6. The summed E-state index contributed by atoms with van der Waals surface area (Å²) in [6.45, 7) is 12.4. The third kappa shape index (κ3) is 13.5. The Hall–Kier alpha value is -0.610. The number of rotatable bonds is 10. The zero-order valence-electron chi connectivity index (χ0n) is 12.6. The molecule has 0 aliphatic carbocycles. The lowest BCUT2D eigenvalue weighted by molar-refractivity contribution is -0.120. The van der Waals surface area contributed by atoms with Crippen LogP contribution < -0.4 is 16.0 Å². The molecule has 0 spiro atoms. The second-order valence-corrected chi connectivity index (χ2v) is 5.69. The molecule has 0 aromatic heterocycles. The first-order valence-corrected chi connectivity index (χ1v) is 7.18. The third-order valence-corrected chi connectivity index (χ3v) is 2.61. The first-order valence-electron chi connectivity index (χ1n) is 7.18. The minimum atomic E-state index is 0.142. The van der Waals surface area contributed by atoms with Crippen LogP contribution in [0.4, 0.5) is 0 Å². The van der Waals surface area contributed by atoms with Crippen LogP contribution in [0, 0.1) is 0 Å². The quantitative estimate of drug-likeness (QED) is 0.522. The largest absolute Gasteiger partial charge is 0.356 e. The molecule has 4 heteroatoms. The van der Waals surface area contributed by atoms with Crippen LogP contribution in [-0.4, -0.2) is 37.6 Å². The van der Waals surface area contributed by atoms with Gasteiger partial charge in [-0.05, 0) is 59.7 Å². The van der Waals surface area contributed by atoms with E-state index >= 15 is 0 Å². The summed E-state index contributed by atoms with van der Waals surface area (Å²) in [6.07, 6.45) is 3.99. The lowest BCUT2D eigenvalue weighted by Gasteiger charge is -2.20. The Labute approximate surface area is 112 Å². The molecule has 0 aliphatic rings. The maximum Gasteiger partial charge on any atom is 0.219 e. The van der Waals surface area contributed by atoms with Crippen molar-refractivity contribution in [1.29, 1.82) is 0 Å². The predicted octanol–water partition coefficient (Wildman–Crippen LogP) is 1.66. The molecule has 0 saturated heterocycles. The van der Waals surface area contributed by atoms with Crippen LogP contribution in [0.25, 0.3) is 0 Å². The molecule has 0 radical (unpaired) electrons. The van der Waals surface area contributed by atoms with Gasteiger partial charge in [-0.25, -0.2) is 0 Å². The monoisotopic (exact) mass is 257 g/mol. The summed E-state index contributed by atoms with van der Waals surface area (Å²) >= 11 is 0. The zero-order chi connectivity index (χ0) is 13.9. The Bertz CT molecular complexity index is 212. The lowest BCUT2D eigenvalue weighted by atomic mass is 10.1. The number of hydrogen-bond acceptors (Lipinski definition) is 3. The number of hydrogen-bond donors (Lipinski definition) is 3. The minimum Gasteiger partial charge on any atom is -0.356 e. The van der Waals surface area contributed by atoms with Crippen LogP contribution in [0.3, 0.4) is 0 Å². The van der Waals surface area contributed by atoms with Gasteiger partial charge in [-0.3, -0.25) is 4.79 Å². The average Bonchev–Trinajstić information content (AvgIpc) is 2.29. The van der Waals surface area contributed by atoms with Gasteiger partial charge in [0.15, 0.2) is 0 Å². The molecule has 0 rings (SSSR count). The first-order chi connectivity index (χ1) is 8.45. The van der Waals surface area contributed by atoms with E-state index < -0.39 is 0 Å². The molecule has 0 fully saturated rings. The number of carbonyl (C=O) groups excluding carboxylic acids is 1. The van der Waals surface area contributed by atoms with Crippen molar-refractivity contribution < 1.29 is 4.79 Å². The predicted molar refractivity (Wildman–Crippen MR) is 77.8 cm³/mol. The molecular formula is C14H31N3O. The van der Waals surface area contributed by atoms with E-state index in [2.05, 4.69) is 36.7 Å². The fourth-order valence-electron chi connectivity index (χ4n) is 1.53. The smallest absolute Gasteiger partial charge is 0.219 e. The van der Waals surface area contributed by atoms with Crippen LogP contribution >= 0.6 is 0 Å². The third-order valence-electron chi connectivity index (χ3n) is 2.61. The Morgan fingerprint density at radius 1 is 0.944 bits per heavy atom. The van der Waals surface area contributed by atoms with E-state index in [1.54, 1.807) is 0 Å². The van der Waals surface area contributed by atoms with Crippen molar-refractivity contribution >= 4 is 5.91 Å². The zero-order valence-corrected chi connectivity index (χ0v) is 12.6. The molecule has 4 nitrogen and oxygen atoms in total. The number of carbonyl (C=O) groups is 1. The summed E-state index contributed by atoms with van der Waals surface area (Å²) < 4.78 is 0. The Morgan fingerprint density at radius 2 is 1.56 bits per heavy atom. The Balaban J connectivity index is 3.10. The van der Waals surface area contributed by atoms with Gasteiger partial charge in [0, 0.05) is 18.5 Å². The van der Waals surface area contributed by atoms with E-state index in [0.29, 0.717) is 6.42 Å². The van der Waals surface area contributed by atoms with E-state index in [9.17, 15) is 4.79 Å². The molecule has 0 atom stereocenters. The van der Waals surface area contributed by atoms with Gasteiger partial charge in [-0.2, -0.15) is 0 Å². The van der Waals surface area contributed by atoms with Gasteiger partial charge in [-0.1, -0.05) is 6.92 Å². The molecule has 0 aromatic rings. The maximum absolute atomic E-state index is 11.0. The second kappa shape index (κ2) is 10.3. The summed E-state index contributed by atoms with van der Waals surface area (Å²) in [5.74, 6) is 0.142. The van der Waals surface area contributed by atoms with Gasteiger partial charge in [0.05, 0.1) is 0 Å². The summed E-state index contributed by atoms with van der Waals surface area (Å²) in [5, 5.41) is 9.74. The summed E-state index contributed by atoms with van der Waals surface area (Å²) in [5.41, 5.74) is 0.227. The van der Waals surface area contributed by atoms with Gasteiger partial charge >= 0.3 is 0 Å². The molecule has 0 bridgehead atoms. The van der Waals surface area contributed by atoms with E-state index in [1.165, 1.54) is 12.8 Å². The van der Waals surface area contributed by atoms with Crippen LogP contribution in [0.2, 0.25) is 0 Å². The second-order valence-electron chi connectivity index (χ2n) is 5.69. The molecule has 0 aliphatic heterocycles. The highest BCUT2D eigenvalue weighted by Crippen LogP contribution is 1.98. The fraction of sp³-hybridized carbons (Fsp3) is 0.929. The van der Waals surface area contributed by atoms with Gasteiger partial charge in [0.25, 0.3) is 0 Å². The van der Waals surface area contributed by atoms with Gasteiger partial charge in [0.2, 0.25) is 5.91 Å². The van der Waals surface area contributed by atoms with Gasteiger partial charge in [0.1, 0.15) is 0 Å². The van der Waals surface area contributed by atoms with E-state index in [1.807, 2.05) is 6.92 Å². The standard InChI is InChI=1S/C14H31N3O/c1-5-13(18)16-11-8-10-15-9-6-7-12-17-14(2,3)4/h15,17H,5-12H2,1-4H3,(H,16,18).